The van der Waals surface area contributed by atoms with Gasteiger partial charge in [0.1, 0.15) is 5.75 Å². The molecule has 0 saturated heterocycles. The summed E-state index contributed by atoms with van der Waals surface area (Å²) >= 11 is 0. The molecule has 1 fully saturated rings. The summed E-state index contributed by atoms with van der Waals surface area (Å²) in [6.45, 7) is 4.41. The maximum absolute atomic E-state index is 6.27. The Morgan fingerprint density at radius 1 is 1.31 bits per heavy atom. The third-order valence-corrected chi connectivity index (χ3v) is 3.41. The SMILES string of the molecule is COc1ccc(C(C)C)cc1C(N)C1CC1. The fourth-order valence-electron chi connectivity index (χ4n) is 2.08. The van der Waals surface area contributed by atoms with Crippen molar-refractivity contribution in [3.8, 4) is 5.75 Å². The van der Waals surface area contributed by atoms with Crippen molar-refractivity contribution in [3.05, 3.63) is 29.3 Å². The first-order valence-corrected chi connectivity index (χ1v) is 6.07. The Morgan fingerprint density at radius 2 is 2.00 bits per heavy atom. The van der Waals surface area contributed by atoms with Gasteiger partial charge >= 0.3 is 0 Å². The van der Waals surface area contributed by atoms with Crippen molar-refractivity contribution < 1.29 is 4.74 Å². The van der Waals surface area contributed by atoms with Crippen molar-refractivity contribution in [2.45, 2.75) is 38.6 Å². The van der Waals surface area contributed by atoms with Gasteiger partial charge in [-0.2, -0.15) is 0 Å². The van der Waals surface area contributed by atoms with Crippen LogP contribution in [-0.4, -0.2) is 7.11 Å². The second kappa shape index (κ2) is 4.46. The molecule has 1 aliphatic rings. The summed E-state index contributed by atoms with van der Waals surface area (Å²) in [4.78, 5) is 0. The number of benzene rings is 1. The molecule has 0 aromatic heterocycles. The molecule has 1 aliphatic carbocycles. The molecule has 1 aromatic rings. The summed E-state index contributed by atoms with van der Waals surface area (Å²) < 4.78 is 5.40. The first kappa shape index (κ1) is 11.5. The molecule has 1 saturated carbocycles. The summed E-state index contributed by atoms with van der Waals surface area (Å²) in [5.41, 5.74) is 8.78. The van der Waals surface area contributed by atoms with Crippen molar-refractivity contribution in [1.29, 1.82) is 0 Å². The van der Waals surface area contributed by atoms with E-state index in [0.29, 0.717) is 11.8 Å². The molecule has 0 amide bonds. The second-order valence-corrected chi connectivity index (χ2v) is 5.02. The smallest absolute Gasteiger partial charge is 0.123 e. The van der Waals surface area contributed by atoms with E-state index >= 15 is 0 Å². The fourth-order valence-corrected chi connectivity index (χ4v) is 2.08. The Balaban J connectivity index is 2.34. The number of ether oxygens (including phenoxy) is 1. The number of rotatable bonds is 4. The van der Waals surface area contributed by atoms with Crippen LogP contribution in [0, 0.1) is 5.92 Å². The quantitative estimate of drug-likeness (QED) is 0.843. The Labute approximate surface area is 97.8 Å². The van der Waals surface area contributed by atoms with Gasteiger partial charge in [-0.3, -0.25) is 0 Å². The Bertz CT molecular complexity index is 369. The Morgan fingerprint density at radius 3 is 2.50 bits per heavy atom. The molecule has 0 radical (unpaired) electrons. The van der Waals surface area contributed by atoms with Gasteiger partial charge in [0.2, 0.25) is 0 Å². The zero-order valence-corrected chi connectivity index (χ0v) is 10.4. The van der Waals surface area contributed by atoms with Crippen LogP contribution in [-0.2, 0) is 0 Å². The lowest BCUT2D eigenvalue weighted by Gasteiger charge is -2.17. The second-order valence-electron chi connectivity index (χ2n) is 5.02. The van der Waals surface area contributed by atoms with Crippen molar-refractivity contribution in [3.63, 3.8) is 0 Å². The molecule has 1 aromatic carbocycles. The van der Waals surface area contributed by atoms with Gasteiger partial charge in [0.15, 0.2) is 0 Å². The lowest BCUT2D eigenvalue weighted by atomic mass is 9.95. The Hall–Kier alpha value is -1.02. The lowest BCUT2D eigenvalue weighted by Crippen LogP contribution is -2.14. The van der Waals surface area contributed by atoms with E-state index in [4.69, 9.17) is 10.5 Å². The highest BCUT2D eigenvalue weighted by atomic mass is 16.5. The molecule has 0 heterocycles. The van der Waals surface area contributed by atoms with E-state index in [1.165, 1.54) is 24.0 Å². The van der Waals surface area contributed by atoms with Gasteiger partial charge in [0.05, 0.1) is 7.11 Å². The average Bonchev–Trinajstić information content (AvgIpc) is 3.11. The summed E-state index contributed by atoms with van der Waals surface area (Å²) in [7, 11) is 1.72. The van der Waals surface area contributed by atoms with Gasteiger partial charge in [-0.1, -0.05) is 26.0 Å². The van der Waals surface area contributed by atoms with Crippen LogP contribution in [0.3, 0.4) is 0 Å². The van der Waals surface area contributed by atoms with Gasteiger partial charge in [0.25, 0.3) is 0 Å². The molecule has 0 aliphatic heterocycles. The first-order valence-electron chi connectivity index (χ1n) is 6.07. The minimum Gasteiger partial charge on any atom is -0.496 e. The van der Waals surface area contributed by atoms with Crippen LogP contribution in [0.4, 0.5) is 0 Å². The van der Waals surface area contributed by atoms with Crippen molar-refractivity contribution in [2.75, 3.05) is 7.11 Å². The fraction of sp³-hybridized carbons (Fsp3) is 0.571. The monoisotopic (exact) mass is 219 g/mol. The average molecular weight is 219 g/mol. The van der Waals surface area contributed by atoms with Crippen LogP contribution in [0.15, 0.2) is 18.2 Å². The van der Waals surface area contributed by atoms with Crippen molar-refractivity contribution in [2.24, 2.45) is 11.7 Å². The third-order valence-electron chi connectivity index (χ3n) is 3.41. The lowest BCUT2D eigenvalue weighted by molar-refractivity contribution is 0.402. The van der Waals surface area contributed by atoms with Gasteiger partial charge < -0.3 is 10.5 Å². The molecule has 2 rings (SSSR count). The topological polar surface area (TPSA) is 35.2 Å². The van der Waals surface area contributed by atoms with E-state index in [9.17, 15) is 0 Å². The molecule has 16 heavy (non-hydrogen) atoms. The zero-order valence-electron chi connectivity index (χ0n) is 10.4. The van der Waals surface area contributed by atoms with Crippen LogP contribution in [0.1, 0.15) is 49.8 Å². The zero-order chi connectivity index (χ0) is 11.7. The summed E-state index contributed by atoms with van der Waals surface area (Å²) in [6.07, 6.45) is 2.52. The van der Waals surface area contributed by atoms with E-state index in [2.05, 4.69) is 26.0 Å². The van der Waals surface area contributed by atoms with Gasteiger partial charge in [-0.05, 0) is 36.3 Å². The minimum atomic E-state index is 0.147. The van der Waals surface area contributed by atoms with Gasteiger partial charge in [-0.25, -0.2) is 0 Å². The molecule has 2 heteroatoms. The maximum Gasteiger partial charge on any atom is 0.123 e. The van der Waals surface area contributed by atoms with Crippen molar-refractivity contribution in [1.82, 2.24) is 0 Å². The molecule has 0 bridgehead atoms. The number of hydrogen-bond acceptors (Lipinski definition) is 2. The Kier molecular flexibility index (Phi) is 3.20. The van der Waals surface area contributed by atoms with Crippen LogP contribution in [0.5, 0.6) is 5.75 Å². The molecule has 88 valence electrons. The molecular weight excluding hydrogens is 198 g/mol. The highest BCUT2D eigenvalue weighted by molar-refractivity contribution is 5.41. The van der Waals surface area contributed by atoms with E-state index in [1.54, 1.807) is 7.11 Å². The summed E-state index contributed by atoms with van der Waals surface area (Å²) in [6, 6.07) is 6.54. The highest BCUT2D eigenvalue weighted by Crippen LogP contribution is 2.42. The van der Waals surface area contributed by atoms with Crippen LogP contribution < -0.4 is 10.5 Å². The predicted molar refractivity (Wildman–Crippen MR) is 66.7 cm³/mol. The summed E-state index contributed by atoms with van der Waals surface area (Å²) in [5.74, 6) is 2.14. The molecular formula is C14H21NO. The molecule has 1 unspecified atom stereocenters. The van der Waals surface area contributed by atoms with Gasteiger partial charge in [0, 0.05) is 11.6 Å². The molecule has 1 atom stereocenters. The van der Waals surface area contributed by atoms with E-state index in [0.717, 1.165) is 5.75 Å². The summed E-state index contributed by atoms with van der Waals surface area (Å²) in [5, 5.41) is 0. The van der Waals surface area contributed by atoms with Crippen molar-refractivity contribution >= 4 is 0 Å². The highest BCUT2D eigenvalue weighted by Gasteiger charge is 2.31. The van der Waals surface area contributed by atoms with Crippen LogP contribution >= 0.6 is 0 Å². The van der Waals surface area contributed by atoms with E-state index < -0.39 is 0 Å². The number of hydrogen-bond donors (Lipinski definition) is 1. The molecule has 2 nitrogen and oxygen atoms in total. The third kappa shape index (κ3) is 2.22. The minimum absolute atomic E-state index is 0.147. The van der Waals surface area contributed by atoms with Crippen LogP contribution in [0.25, 0.3) is 0 Å². The normalized spacial score (nSPS) is 17.6. The first-order chi connectivity index (χ1) is 7.63. The van der Waals surface area contributed by atoms with E-state index in [-0.39, 0.29) is 6.04 Å². The number of nitrogens with two attached hydrogens (primary N) is 1. The largest absolute Gasteiger partial charge is 0.496 e. The van der Waals surface area contributed by atoms with Crippen LogP contribution in [0.2, 0.25) is 0 Å². The molecule has 0 spiro atoms. The van der Waals surface area contributed by atoms with Gasteiger partial charge in [-0.15, -0.1) is 0 Å². The van der Waals surface area contributed by atoms with E-state index in [1.807, 2.05) is 6.07 Å². The maximum atomic E-state index is 6.27. The standard InChI is InChI=1S/C14H21NO/c1-9(2)11-6-7-13(16-3)12(8-11)14(15)10-4-5-10/h6-10,14H,4-5,15H2,1-3H3. The number of methoxy groups -OCH3 is 1. The molecule has 2 N–H and O–H groups in total. The predicted octanol–water partition coefficient (Wildman–Crippen LogP) is 3.23.